The number of benzene rings is 2. The number of H-pyrrole nitrogens is 1. The number of sulfonamides is 1. The molecular weight excluding hydrogens is 386 g/mol. The molecule has 29 heavy (non-hydrogen) atoms. The van der Waals surface area contributed by atoms with Gasteiger partial charge in [0.25, 0.3) is 0 Å². The zero-order valence-corrected chi connectivity index (χ0v) is 17.5. The number of carbonyl (C=O) groups excluding carboxylic acids is 1. The van der Waals surface area contributed by atoms with Crippen LogP contribution in [-0.2, 0) is 10.0 Å². The highest BCUT2D eigenvalue weighted by atomic mass is 32.2. The van der Waals surface area contributed by atoms with Crippen molar-refractivity contribution in [2.75, 3.05) is 26.2 Å². The van der Waals surface area contributed by atoms with Gasteiger partial charge in [0.05, 0.1) is 36.6 Å². The van der Waals surface area contributed by atoms with E-state index in [0.717, 1.165) is 27.1 Å². The first-order valence-corrected chi connectivity index (χ1v) is 11.3. The number of rotatable bonds is 5. The molecule has 0 amide bonds. The van der Waals surface area contributed by atoms with Crippen molar-refractivity contribution < 1.29 is 18.1 Å². The molecule has 1 aromatic heterocycles. The van der Waals surface area contributed by atoms with Gasteiger partial charge in [-0.25, -0.2) is 8.42 Å². The third kappa shape index (κ3) is 3.61. The Kier molecular flexibility index (Phi) is 5.29. The molecule has 0 spiro atoms. The monoisotopic (exact) mass is 412 g/mol. The minimum Gasteiger partial charge on any atom is -0.358 e. The van der Waals surface area contributed by atoms with Crippen LogP contribution in [0.25, 0.3) is 10.9 Å². The zero-order chi connectivity index (χ0) is 20.6. The summed E-state index contributed by atoms with van der Waals surface area (Å²) in [6, 6.07) is 16.1. The van der Waals surface area contributed by atoms with E-state index in [2.05, 4.69) is 4.98 Å². The summed E-state index contributed by atoms with van der Waals surface area (Å²) in [5, 5.41) is 0.951. The molecule has 152 valence electrons. The average Bonchev–Trinajstić information content (AvgIpc) is 3.09. The molecule has 2 aromatic carbocycles. The first-order valence-electron chi connectivity index (χ1n) is 9.91. The van der Waals surface area contributed by atoms with E-state index in [1.807, 2.05) is 38.1 Å². The summed E-state index contributed by atoms with van der Waals surface area (Å²) >= 11 is 0. The fraction of sp³-hybridized carbons (Fsp3) is 0.318. The molecular formula is C22H26N3O3S+. The zero-order valence-electron chi connectivity index (χ0n) is 16.7. The molecule has 0 bridgehead atoms. The fourth-order valence-corrected chi connectivity index (χ4v) is 5.65. The lowest BCUT2D eigenvalue weighted by Crippen LogP contribution is -3.18. The molecule has 1 fully saturated rings. The average molecular weight is 413 g/mol. The smallest absolute Gasteiger partial charge is 0.243 e. The number of nitrogens with zero attached hydrogens (tertiary/aromatic N) is 1. The second kappa shape index (κ2) is 7.74. The summed E-state index contributed by atoms with van der Waals surface area (Å²) in [4.78, 5) is 18.0. The lowest BCUT2D eigenvalue weighted by atomic mass is 10.0. The molecule has 1 aliphatic rings. The molecule has 1 saturated heterocycles. The molecule has 3 aromatic rings. The van der Waals surface area contributed by atoms with Crippen LogP contribution >= 0.6 is 0 Å². The number of Topliss-reactive ketones (excluding diaryl/α,β-unsaturated/α-hetero) is 1. The highest BCUT2D eigenvalue weighted by Gasteiger charge is 2.35. The minimum absolute atomic E-state index is 0.106. The Bertz CT molecular complexity index is 1130. The number of carbonyl (C=O) groups is 1. The van der Waals surface area contributed by atoms with Gasteiger partial charge in [-0.15, -0.1) is 0 Å². The Morgan fingerprint density at radius 3 is 2.34 bits per heavy atom. The van der Waals surface area contributed by atoms with Gasteiger partial charge in [-0.1, -0.05) is 36.4 Å². The number of quaternary nitrogens is 1. The molecule has 0 saturated carbocycles. The summed E-state index contributed by atoms with van der Waals surface area (Å²) in [7, 11) is -3.48. The molecule has 7 heteroatoms. The van der Waals surface area contributed by atoms with Crippen LogP contribution in [0.4, 0.5) is 0 Å². The van der Waals surface area contributed by atoms with Gasteiger partial charge < -0.3 is 9.88 Å². The van der Waals surface area contributed by atoms with Crippen LogP contribution < -0.4 is 4.90 Å². The topological polar surface area (TPSA) is 74.7 Å². The number of ketones is 1. The summed E-state index contributed by atoms with van der Waals surface area (Å²) in [6.07, 6.45) is 0. The first kappa shape index (κ1) is 19.8. The Morgan fingerprint density at radius 1 is 1.03 bits per heavy atom. The van der Waals surface area contributed by atoms with Gasteiger partial charge in [-0.2, -0.15) is 4.31 Å². The second-order valence-corrected chi connectivity index (χ2v) is 9.57. The molecule has 1 atom stereocenters. The highest BCUT2D eigenvalue weighted by Crippen LogP contribution is 2.23. The van der Waals surface area contributed by atoms with Crippen molar-refractivity contribution in [3.63, 3.8) is 0 Å². The van der Waals surface area contributed by atoms with E-state index in [4.69, 9.17) is 0 Å². The SMILES string of the molecule is Cc1[nH]c2ccccc2c1C(=O)[C@@H](C)[NH+]1CCN(S(=O)(=O)c2ccccc2)CC1. The van der Waals surface area contributed by atoms with Crippen LogP contribution in [0.2, 0.25) is 0 Å². The Labute approximate surface area is 171 Å². The molecule has 0 radical (unpaired) electrons. The molecule has 0 aliphatic carbocycles. The molecule has 0 unspecified atom stereocenters. The van der Waals surface area contributed by atoms with Crippen molar-refractivity contribution in [1.82, 2.24) is 9.29 Å². The van der Waals surface area contributed by atoms with E-state index >= 15 is 0 Å². The van der Waals surface area contributed by atoms with Gasteiger partial charge in [0.15, 0.2) is 0 Å². The number of aryl methyl sites for hydroxylation is 1. The van der Waals surface area contributed by atoms with Gasteiger partial charge in [-0.3, -0.25) is 4.79 Å². The lowest BCUT2D eigenvalue weighted by Gasteiger charge is -2.34. The largest absolute Gasteiger partial charge is 0.358 e. The maximum Gasteiger partial charge on any atom is 0.243 e. The number of nitrogens with one attached hydrogen (secondary N) is 2. The van der Waals surface area contributed by atoms with Crippen molar-refractivity contribution >= 4 is 26.7 Å². The van der Waals surface area contributed by atoms with E-state index in [0.29, 0.717) is 31.1 Å². The van der Waals surface area contributed by atoms with Crippen LogP contribution in [0, 0.1) is 6.92 Å². The van der Waals surface area contributed by atoms with Crippen molar-refractivity contribution in [2.45, 2.75) is 24.8 Å². The maximum absolute atomic E-state index is 13.3. The number of hydrogen-bond donors (Lipinski definition) is 2. The normalized spacial score (nSPS) is 17.4. The predicted molar refractivity (Wildman–Crippen MR) is 113 cm³/mol. The van der Waals surface area contributed by atoms with Crippen LogP contribution in [0.1, 0.15) is 23.0 Å². The molecule has 2 N–H and O–H groups in total. The van der Waals surface area contributed by atoms with E-state index in [9.17, 15) is 13.2 Å². The van der Waals surface area contributed by atoms with Gasteiger partial charge in [0.2, 0.25) is 15.8 Å². The molecule has 2 heterocycles. The van der Waals surface area contributed by atoms with Gasteiger partial charge in [0, 0.05) is 16.6 Å². The van der Waals surface area contributed by atoms with Crippen LogP contribution in [0.3, 0.4) is 0 Å². The number of hydrogen-bond acceptors (Lipinski definition) is 3. The van der Waals surface area contributed by atoms with Gasteiger partial charge >= 0.3 is 0 Å². The Morgan fingerprint density at radius 2 is 1.66 bits per heavy atom. The quantitative estimate of drug-likeness (QED) is 0.626. The maximum atomic E-state index is 13.3. The molecule has 4 rings (SSSR count). The van der Waals surface area contributed by atoms with Crippen LogP contribution in [0.15, 0.2) is 59.5 Å². The highest BCUT2D eigenvalue weighted by molar-refractivity contribution is 7.89. The summed E-state index contributed by atoms with van der Waals surface area (Å²) in [6.45, 7) is 5.93. The van der Waals surface area contributed by atoms with E-state index in [1.54, 1.807) is 30.3 Å². The second-order valence-electron chi connectivity index (χ2n) is 7.63. The van der Waals surface area contributed by atoms with Crippen molar-refractivity contribution in [3.8, 4) is 0 Å². The summed E-state index contributed by atoms with van der Waals surface area (Å²) in [5.41, 5.74) is 2.60. The third-order valence-corrected chi connectivity index (χ3v) is 7.80. The number of piperazine rings is 1. The first-order chi connectivity index (χ1) is 13.9. The van der Waals surface area contributed by atoms with Crippen molar-refractivity contribution in [2.24, 2.45) is 0 Å². The Hall–Kier alpha value is -2.48. The molecule has 1 aliphatic heterocycles. The Balaban J connectivity index is 1.48. The third-order valence-electron chi connectivity index (χ3n) is 5.89. The molecule has 6 nitrogen and oxygen atoms in total. The van der Waals surface area contributed by atoms with Crippen LogP contribution in [-0.4, -0.2) is 55.7 Å². The number of aromatic amines is 1. The van der Waals surface area contributed by atoms with Gasteiger partial charge in [0.1, 0.15) is 6.04 Å². The van der Waals surface area contributed by atoms with Crippen molar-refractivity contribution in [3.05, 3.63) is 65.9 Å². The minimum atomic E-state index is -3.48. The van der Waals surface area contributed by atoms with E-state index in [1.165, 1.54) is 4.31 Å². The summed E-state index contributed by atoms with van der Waals surface area (Å²) < 4.78 is 27.2. The fourth-order valence-electron chi connectivity index (χ4n) is 4.18. The van der Waals surface area contributed by atoms with Crippen LogP contribution in [0.5, 0.6) is 0 Å². The number of aromatic nitrogens is 1. The lowest BCUT2D eigenvalue weighted by molar-refractivity contribution is -0.917. The predicted octanol–water partition coefficient (Wildman–Crippen LogP) is 1.64. The van der Waals surface area contributed by atoms with Crippen molar-refractivity contribution in [1.29, 1.82) is 0 Å². The number of para-hydroxylation sites is 1. The van der Waals surface area contributed by atoms with E-state index < -0.39 is 10.0 Å². The summed E-state index contributed by atoms with van der Waals surface area (Å²) in [5.74, 6) is 0.106. The number of fused-ring (bicyclic) bond motifs is 1. The standard InChI is InChI=1S/C22H25N3O3S/c1-16-21(19-10-6-7-11-20(19)23-16)22(26)17(2)24-12-14-25(15-13-24)29(27,28)18-8-4-3-5-9-18/h3-11,17,23H,12-15H2,1-2H3/p+1/t17-/m1/s1. The van der Waals surface area contributed by atoms with Gasteiger partial charge in [-0.05, 0) is 32.0 Å². The van der Waals surface area contributed by atoms with E-state index in [-0.39, 0.29) is 11.8 Å².